The van der Waals surface area contributed by atoms with E-state index in [-0.39, 0.29) is 5.91 Å². The number of carbonyl (C=O) groups is 1. The molecule has 1 fully saturated rings. The molecule has 1 amide bonds. The summed E-state index contributed by atoms with van der Waals surface area (Å²) in [5.74, 6) is 1.36. The fraction of sp³-hybridized carbons (Fsp3) is 0.562. The van der Waals surface area contributed by atoms with Crippen LogP contribution in [0.15, 0.2) is 10.9 Å². The topological polar surface area (TPSA) is 58.1 Å². The average molecular weight is 351 g/mol. The van der Waals surface area contributed by atoms with Crippen molar-refractivity contribution in [2.45, 2.75) is 33.7 Å². The molecule has 7 heteroatoms. The minimum absolute atomic E-state index is 0.119. The molecule has 3 rings (SSSR count). The lowest BCUT2D eigenvalue weighted by Crippen LogP contribution is -2.38. The van der Waals surface area contributed by atoms with Crippen molar-refractivity contribution in [2.24, 2.45) is 11.8 Å². The molecule has 0 spiro atoms. The molecule has 1 saturated heterocycles. The largest absolute Gasteiger partial charge is 0.297 e. The number of thiazole rings is 2. The Balaban J connectivity index is 1.60. The Morgan fingerprint density at radius 1 is 1.35 bits per heavy atom. The molecule has 2 atom stereocenters. The molecule has 0 radical (unpaired) electrons. The lowest BCUT2D eigenvalue weighted by molar-refractivity contribution is 0.103. The zero-order valence-electron chi connectivity index (χ0n) is 13.7. The van der Waals surface area contributed by atoms with Crippen molar-refractivity contribution in [2.75, 3.05) is 18.4 Å². The summed E-state index contributed by atoms with van der Waals surface area (Å²) >= 11 is 2.84. The van der Waals surface area contributed by atoms with Crippen LogP contribution in [0.3, 0.4) is 0 Å². The number of aryl methyl sites for hydroxylation is 1. The van der Waals surface area contributed by atoms with Crippen molar-refractivity contribution in [3.63, 3.8) is 0 Å². The average Bonchev–Trinajstić information content (AvgIpc) is 3.07. The van der Waals surface area contributed by atoms with Gasteiger partial charge in [-0.05, 0) is 25.2 Å². The van der Waals surface area contributed by atoms with Crippen LogP contribution < -0.4 is 5.32 Å². The Morgan fingerprint density at radius 2 is 2.09 bits per heavy atom. The second-order valence-electron chi connectivity index (χ2n) is 6.51. The number of likely N-dealkylation sites (tertiary alicyclic amines) is 1. The van der Waals surface area contributed by atoms with Crippen LogP contribution in [0.1, 0.15) is 41.3 Å². The maximum Gasteiger partial charge on any atom is 0.269 e. The van der Waals surface area contributed by atoms with Crippen LogP contribution in [0.2, 0.25) is 0 Å². The van der Waals surface area contributed by atoms with E-state index in [1.807, 2.05) is 12.3 Å². The number of carbonyl (C=O) groups excluding carboxylic acids is 1. The highest BCUT2D eigenvalue weighted by molar-refractivity contribution is 7.14. The molecule has 0 bridgehead atoms. The zero-order valence-corrected chi connectivity index (χ0v) is 15.3. The van der Waals surface area contributed by atoms with Crippen molar-refractivity contribution in [3.8, 4) is 0 Å². The Hall–Kier alpha value is -1.31. The zero-order chi connectivity index (χ0) is 16.4. The van der Waals surface area contributed by atoms with Crippen LogP contribution in [-0.4, -0.2) is 33.9 Å². The third-order valence-corrected chi connectivity index (χ3v) is 5.79. The first-order valence-electron chi connectivity index (χ1n) is 7.89. The Kier molecular flexibility index (Phi) is 5.08. The molecule has 5 nitrogen and oxygen atoms in total. The number of piperidine rings is 1. The lowest BCUT2D eigenvalue weighted by atomic mass is 9.92. The monoisotopic (exact) mass is 350 g/mol. The summed E-state index contributed by atoms with van der Waals surface area (Å²) in [4.78, 5) is 24.0. The van der Waals surface area contributed by atoms with E-state index in [0.717, 1.165) is 42.9 Å². The van der Waals surface area contributed by atoms with Gasteiger partial charge in [-0.15, -0.1) is 22.7 Å². The molecule has 0 saturated carbocycles. The summed E-state index contributed by atoms with van der Waals surface area (Å²) < 4.78 is 0. The number of nitrogens with one attached hydrogen (secondary N) is 1. The van der Waals surface area contributed by atoms with Gasteiger partial charge in [-0.2, -0.15) is 0 Å². The quantitative estimate of drug-likeness (QED) is 0.915. The number of aromatic nitrogens is 2. The van der Waals surface area contributed by atoms with Crippen LogP contribution in [0.25, 0.3) is 0 Å². The van der Waals surface area contributed by atoms with Gasteiger partial charge >= 0.3 is 0 Å². The highest BCUT2D eigenvalue weighted by Crippen LogP contribution is 2.24. The summed E-state index contributed by atoms with van der Waals surface area (Å²) in [6.07, 6.45) is 1.31. The van der Waals surface area contributed by atoms with E-state index in [9.17, 15) is 4.79 Å². The summed E-state index contributed by atoms with van der Waals surface area (Å²) in [6.45, 7) is 9.59. The van der Waals surface area contributed by atoms with E-state index in [0.29, 0.717) is 10.0 Å². The van der Waals surface area contributed by atoms with E-state index < -0.39 is 0 Å². The smallest absolute Gasteiger partial charge is 0.269 e. The van der Waals surface area contributed by atoms with Crippen molar-refractivity contribution in [3.05, 3.63) is 27.2 Å². The first kappa shape index (κ1) is 16.5. The lowest BCUT2D eigenvalue weighted by Gasteiger charge is -2.34. The first-order chi connectivity index (χ1) is 11.0. The molecule has 23 heavy (non-hydrogen) atoms. The maximum atomic E-state index is 12.2. The molecule has 2 aromatic heterocycles. The van der Waals surface area contributed by atoms with E-state index in [4.69, 9.17) is 0 Å². The highest BCUT2D eigenvalue weighted by Gasteiger charge is 2.22. The van der Waals surface area contributed by atoms with Gasteiger partial charge in [-0.3, -0.25) is 15.0 Å². The molecule has 1 N–H and O–H groups in total. The molecule has 2 aromatic rings. The number of hydrogen-bond acceptors (Lipinski definition) is 6. The number of hydrogen-bond donors (Lipinski definition) is 1. The van der Waals surface area contributed by atoms with Gasteiger partial charge in [0.2, 0.25) is 0 Å². The van der Waals surface area contributed by atoms with Crippen molar-refractivity contribution < 1.29 is 4.79 Å². The molecule has 0 aromatic carbocycles. The normalized spacial score (nSPS) is 22.2. The van der Waals surface area contributed by atoms with Crippen LogP contribution in [0.5, 0.6) is 0 Å². The number of anilines is 1. The van der Waals surface area contributed by atoms with Gasteiger partial charge in [0.1, 0.15) is 4.88 Å². The summed E-state index contributed by atoms with van der Waals surface area (Å²) in [5, 5.41) is 5.58. The van der Waals surface area contributed by atoms with Crippen LogP contribution >= 0.6 is 22.7 Å². The molecular weight excluding hydrogens is 328 g/mol. The van der Waals surface area contributed by atoms with Gasteiger partial charge in [0.15, 0.2) is 5.13 Å². The van der Waals surface area contributed by atoms with Gasteiger partial charge in [0.25, 0.3) is 5.91 Å². The van der Waals surface area contributed by atoms with Gasteiger partial charge < -0.3 is 0 Å². The highest BCUT2D eigenvalue weighted by atomic mass is 32.1. The van der Waals surface area contributed by atoms with Crippen LogP contribution in [-0.2, 0) is 6.54 Å². The van der Waals surface area contributed by atoms with Gasteiger partial charge in [0, 0.05) is 25.0 Å². The summed E-state index contributed by atoms with van der Waals surface area (Å²) in [5.41, 5.74) is 3.49. The van der Waals surface area contributed by atoms with Gasteiger partial charge in [-0.25, -0.2) is 9.97 Å². The molecule has 2 unspecified atom stereocenters. The van der Waals surface area contributed by atoms with Gasteiger partial charge in [-0.1, -0.05) is 13.8 Å². The number of nitrogens with zero attached hydrogens (tertiary/aromatic N) is 3. The first-order valence-corrected chi connectivity index (χ1v) is 9.65. The van der Waals surface area contributed by atoms with E-state index >= 15 is 0 Å². The molecule has 1 aliphatic rings. The fourth-order valence-electron chi connectivity index (χ4n) is 3.26. The molecule has 124 valence electrons. The second kappa shape index (κ2) is 7.07. The van der Waals surface area contributed by atoms with Gasteiger partial charge in [0.05, 0.1) is 16.9 Å². The number of rotatable bonds is 4. The molecule has 3 heterocycles. The molecular formula is C16H22N4OS2. The van der Waals surface area contributed by atoms with Crippen LogP contribution in [0, 0.1) is 18.8 Å². The SMILES string of the molecule is Cc1ncsc1C(=O)Nc1nc(CN2CC(C)CC(C)C2)cs1. The molecule has 1 aliphatic heterocycles. The number of amides is 1. The summed E-state index contributed by atoms with van der Waals surface area (Å²) in [6, 6.07) is 0. The second-order valence-corrected chi connectivity index (χ2v) is 8.22. The van der Waals surface area contributed by atoms with Crippen molar-refractivity contribution in [1.29, 1.82) is 0 Å². The Bertz CT molecular complexity index is 671. The fourth-order valence-corrected chi connectivity index (χ4v) is 4.66. The summed E-state index contributed by atoms with van der Waals surface area (Å²) in [7, 11) is 0. The minimum atomic E-state index is -0.119. The molecule has 0 aliphatic carbocycles. The predicted octanol–water partition coefficient (Wildman–Crippen LogP) is 3.64. The van der Waals surface area contributed by atoms with E-state index in [2.05, 4.69) is 34.0 Å². The van der Waals surface area contributed by atoms with Crippen LogP contribution in [0.4, 0.5) is 5.13 Å². The maximum absolute atomic E-state index is 12.2. The Morgan fingerprint density at radius 3 is 2.74 bits per heavy atom. The third kappa shape index (κ3) is 4.16. The third-order valence-electron chi connectivity index (χ3n) is 4.05. The van der Waals surface area contributed by atoms with Crippen molar-refractivity contribution in [1.82, 2.24) is 14.9 Å². The van der Waals surface area contributed by atoms with E-state index in [1.54, 1.807) is 5.51 Å². The minimum Gasteiger partial charge on any atom is -0.297 e. The Labute approximate surface area is 144 Å². The predicted molar refractivity (Wildman–Crippen MR) is 95.1 cm³/mol. The van der Waals surface area contributed by atoms with E-state index in [1.165, 1.54) is 29.1 Å². The van der Waals surface area contributed by atoms with Crippen molar-refractivity contribution >= 4 is 33.7 Å². The standard InChI is InChI=1S/C16H22N4OS2/c1-10-4-11(2)6-20(5-10)7-13-8-22-16(18-13)19-15(21)14-12(3)17-9-23-14/h8-11H,4-7H2,1-3H3,(H,18,19,21).